The molecule has 0 bridgehead atoms. The van der Waals surface area contributed by atoms with Crippen LogP contribution in [0.4, 0.5) is 0 Å². The predicted molar refractivity (Wildman–Crippen MR) is 488 cm³/mol. The number of hydrogen-bond donors (Lipinski definition) is 0. The molecule has 0 fully saturated rings. The molecule has 22 rings (SSSR count). The number of thioether (sulfide) groups is 1. The average molecular weight is 1500 g/mol. The summed E-state index contributed by atoms with van der Waals surface area (Å²) < 4.78 is 0. The molecule has 5 heteroatoms. The van der Waals surface area contributed by atoms with Crippen LogP contribution in [0.1, 0.15) is 42.4 Å². The highest BCUT2D eigenvalue weighted by molar-refractivity contribution is 8.00. The van der Waals surface area contributed by atoms with E-state index in [1.165, 1.54) is 131 Å². The van der Waals surface area contributed by atoms with Crippen molar-refractivity contribution in [1.82, 2.24) is 19.9 Å². The first-order valence-corrected chi connectivity index (χ1v) is 41.1. The minimum absolute atomic E-state index is 0.0230. The van der Waals surface area contributed by atoms with Gasteiger partial charge in [0.05, 0.1) is 22.8 Å². The maximum Gasteiger partial charge on any atom is 0.160 e. The van der Waals surface area contributed by atoms with E-state index in [2.05, 4.69) is 426 Å². The number of benzene rings is 16. The Balaban J connectivity index is 0.000000145. The van der Waals surface area contributed by atoms with Gasteiger partial charge >= 0.3 is 0 Å². The van der Waals surface area contributed by atoms with E-state index in [4.69, 9.17) is 19.9 Å². The topological polar surface area (TPSA) is 51.6 Å². The lowest BCUT2D eigenvalue weighted by Gasteiger charge is -2.30. The molecule has 16 aromatic carbocycles. The number of fused-ring (bicyclic) bond motifs is 10. The van der Waals surface area contributed by atoms with E-state index in [0.717, 1.165) is 56.2 Å². The monoisotopic (exact) mass is 1500 g/mol. The van der Waals surface area contributed by atoms with Gasteiger partial charge in [0.25, 0.3) is 0 Å². The Labute approximate surface area is 681 Å². The van der Waals surface area contributed by atoms with Crippen LogP contribution in [0.25, 0.3) is 178 Å². The van der Waals surface area contributed by atoms with Crippen molar-refractivity contribution in [3.8, 4) is 135 Å². The lowest BCUT2D eigenvalue weighted by Crippen LogP contribution is -2.25. The van der Waals surface area contributed by atoms with Crippen molar-refractivity contribution in [2.45, 2.75) is 41.2 Å². The Kier molecular flexibility index (Phi) is 17.8. The number of hydrogen-bond acceptors (Lipinski definition) is 5. The number of nitrogens with zero attached hydrogens (tertiary/aromatic N) is 4. The molecule has 18 aromatic rings. The van der Waals surface area contributed by atoms with Gasteiger partial charge in [-0.1, -0.05) is 414 Å². The molecule has 2 aromatic heterocycles. The number of aromatic nitrogens is 4. The SMILES string of the molecule is C1=CC2Sc3c(-c4ccc(-c5nc(-c6ccc(-c7cccc8ccccc78)cc6)cc(-c6ccc(-c7cccc8ccccc78)cc6)n5)cc4)cccc3C2C=C1.CC1(C)c2c(-c3ccc(-c4nc(-c5ccc(-c6cccc7ccccc67)cc5)cc(-c5ccc(-c6cccc7ccccc67)cc5)n4)cc3)cccc2C2C=CC=CC21. The highest BCUT2D eigenvalue weighted by atomic mass is 32.2. The summed E-state index contributed by atoms with van der Waals surface area (Å²) in [5.41, 5.74) is 28.7. The van der Waals surface area contributed by atoms with Gasteiger partial charge in [0.1, 0.15) is 0 Å². The first kappa shape index (κ1) is 69.9. The lowest BCUT2D eigenvalue weighted by molar-refractivity contribution is 0.395. The van der Waals surface area contributed by atoms with Gasteiger partial charge in [-0.2, -0.15) is 0 Å². The van der Waals surface area contributed by atoms with E-state index in [1.54, 1.807) is 0 Å². The highest BCUT2D eigenvalue weighted by Gasteiger charge is 2.46. The molecule has 0 amide bonds. The van der Waals surface area contributed by atoms with Crippen LogP contribution in [0, 0.1) is 5.92 Å². The Morgan fingerprint density at radius 2 is 0.526 bits per heavy atom. The Morgan fingerprint density at radius 1 is 0.241 bits per heavy atom. The standard InChI is InChI=1S/C57H42N2.C54H36N2S/c1-57(2)52-23-8-7-18-50(52)51-22-11-21-49(55(51)57)41-28-34-44(35-29-41)56-58-53(42-30-24-39(25-31-42)47-19-9-14-37-12-3-5-16-45(37)47)36-54(59-56)43-32-26-40(27-33-43)48-20-10-15-38-13-4-6-17-46(38)48;1-3-14-43-35(10-1)12-7-17-45(43)37-22-28-40(29-23-37)50-34-51(41-30-24-38(25-31-41)46-18-8-13-36-11-2-4-15-44(36)46)56-54(55-50)42-32-26-39(27-33-42)47-19-9-20-49-48-16-5-6-21-52(48)57-53(47)49/h3-36,50,52H,1-2H3;1-34,48,52H. The van der Waals surface area contributed by atoms with Crippen LogP contribution in [0.2, 0.25) is 0 Å². The molecule has 116 heavy (non-hydrogen) atoms. The van der Waals surface area contributed by atoms with Crippen LogP contribution in [-0.4, -0.2) is 25.2 Å². The van der Waals surface area contributed by atoms with E-state index < -0.39 is 0 Å². The summed E-state index contributed by atoms with van der Waals surface area (Å²) in [5, 5.41) is 10.4. The van der Waals surface area contributed by atoms with E-state index in [9.17, 15) is 0 Å². The summed E-state index contributed by atoms with van der Waals surface area (Å²) >= 11 is 1.98. The first-order valence-electron chi connectivity index (χ1n) is 40.2. The van der Waals surface area contributed by atoms with Gasteiger partial charge in [-0.25, -0.2) is 19.9 Å². The third kappa shape index (κ3) is 12.9. The summed E-state index contributed by atoms with van der Waals surface area (Å²) in [6, 6.07) is 131. The van der Waals surface area contributed by atoms with Crippen LogP contribution >= 0.6 is 11.8 Å². The largest absolute Gasteiger partial charge is 0.228 e. The molecule has 548 valence electrons. The van der Waals surface area contributed by atoms with Crippen molar-refractivity contribution in [2.24, 2.45) is 5.92 Å². The first-order chi connectivity index (χ1) is 57.2. The summed E-state index contributed by atoms with van der Waals surface area (Å²) in [7, 11) is 0. The molecule has 0 N–H and O–H groups in total. The molecular formula is C111H78N4S. The quantitative estimate of drug-likeness (QED) is 0.122. The van der Waals surface area contributed by atoms with Gasteiger partial charge in [0.15, 0.2) is 11.6 Å². The molecule has 0 spiro atoms. The highest BCUT2D eigenvalue weighted by Crippen LogP contribution is 2.56. The third-order valence-electron chi connectivity index (χ3n) is 24.3. The summed E-state index contributed by atoms with van der Waals surface area (Å²) in [5.74, 6) is 2.73. The Hall–Kier alpha value is -14.0. The molecule has 3 heterocycles. The zero-order valence-electron chi connectivity index (χ0n) is 64.3. The van der Waals surface area contributed by atoms with E-state index >= 15 is 0 Å². The second-order valence-electron chi connectivity index (χ2n) is 31.4. The average Bonchev–Trinajstić information content (AvgIpc) is 1.56. The molecule has 0 saturated carbocycles. The van der Waals surface area contributed by atoms with Gasteiger partial charge in [0, 0.05) is 55.4 Å². The van der Waals surface area contributed by atoms with Crippen LogP contribution in [0.5, 0.6) is 0 Å². The number of rotatable bonds is 12. The van der Waals surface area contributed by atoms with Crippen molar-refractivity contribution in [3.63, 3.8) is 0 Å². The Morgan fingerprint density at radius 3 is 0.922 bits per heavy atom. The van der Waals surface area contributed by atoms with Crippen LogP contribution in [0.15, 0.2) is 417 Å². The van der Waals surface area contributed by atoms with Gasteiger partial charge in [-0.3, -0.25) is 0 Å². The molecule has 1 aliphatic heterocycles. The zero-order valence-corrected chi connectivity index (χ0v) is 65.1. The van der Waals surface area contributed by atoms with Gasteiger partial charge in [-0.05, 0) is 150 Å². The van der Waals surface area contributed by atoms with Gasteiger partial charge in [-0.15, -0.1) is 11.8 Å². The zero-order chi connectivity index (χ0) is 77.2. The van der Waals surface area contributed by atoms with Gasteiger partial charge in [0.2, 0.25) is 0 Å². The van der Waals surface area contributed by atoms with Crippen molar-refractivity contribution in [1.29, 1.82) is 0 Å². The molecule has 4 aliphatic rings. The molecule has 4 nitrogen and oxygen atoms in total. The fourth-order valence-corrected chi connectivity index (χ4v) is 19.9. The smallest absolute Gasteiger partial charge is 0.160 e. The Bertz CT molecular complexity index is 6690. The molecule has 4 unspecified atom stereocenters. The minimum atomic E-state index is 0.0230. The van der Waals surface area contributed by atoms with E-state index in [-0.39, 0.29) is 5.41 Å². The molecule has 0 saturated heterocycles. The maximum absolute atomic E-state index is 5.26. The predicted octanol–water partition coefficient (Wildman–Crippen LogP) is 29.4. The number of allylic oxidation sites excluding steroid dienone is 7. The second kappa shape index (κ2) is 29.5. The summed E-state index contributed by atoms with van der Waals surface area (Å²) in [6.45, 7) is 4.81. The second-order valence-corrected chi connectivity index (χ2v) is 32.6. The third-order valence-corrected chi connectivity index (χ3v) is 25.7. The van der Waals surface area contributed by atoms with Crippen molar-refractivity contribution in [3.05, 3.63) is 429 Å². The van der Waals surface area contributed by atoms with E-state index in [1.807, 2.05) is 11.8 Å². The lowest BCUT2D eigenvalue weighted by atomic mass is 9.73. The van der Waals surface area contributed by atoms with Crippen molar-refractivity contribution in [2.75, 3.05) is 0 Å². The normalized spacial score (nSPS) is 15.9. The maximum atomic E-state index is 5.26. The molecule has 3 aliphatic carbocycles. The summed E-state index contributed by atoms with van der Waals surface area (Å²) in [4.78, 5) is 22.4. The van der Waals surface area contributed by atoms with Crippen LogP contribution in [-0.2, 0) is 5.41 Å². The van der Waals surface area contributed by atoms with E-state index in [0.29, 0.717) is 34.7 Å². The van der Waals surface area contributed by atoms with Crippen LogP contribution in [0.3, 0.4) is 0 Å². The fraction of sp³-hybridized carbons (Fsp3) is 0.0631. The van der Waals surface area contributed by atoms with Crippen LogP contribution < -0.4 is 0 Å². The fourth-order valence-electron chi connectivity index (χ4n) is 18.4. The van der Waals surface area contributed by atoms with Crippen molar-refractivity contribution < 1.29 is 0 Å². The molecular weight excluding hydrogens is 1420 g/mol. The van der Waals surface area contributed by atoms with Gasteiger partial charge < -0.3 is 0 Å². The summed E-state index contributed by atoms with van der Waals surface area (Å²) in [6.07, 6.45) is 18.2. The molecule has 4 atom stereocenters. The minimum Gasteiger partial charge on any atom is -0.228 e. The molecule has 0 radical (unpaired) electrons. The van der Waals surface area contributed by atoms with Crippen molar-refractivity contribution >= 4 is 54.9 Å².